The van der Waals surface area contributed by atoms with E-state index in [9.17, 15) is 0 Å². The van der Waals surface area contributed by atoms with Crippen molar-refractivity contribution in [2.45, 2.75) is 45.6 Å². The Balaban J connectivity index is 1.61. The first-order valence-electron chi connectivity index (χ1n) is 8.70. The highest BCUT2D eigenvalue weighted by Gasteiger charge is 2.27. The van der Waals surface area contributed by atoms with E-state index in [4.69, 9.17) is 24.4 Å². The normalized spacial score (nSPS) is 23.2. The molecule has 4 N–H and O–H groups in total. The van der Waals surface area contributed by atoms with Crippen molar-refractivity contribution in [1.29, 1.82) is 0 Å². The summed E-state index contributed by atoms with van der Waals surface area (Å²) in [5.41, 5.74) is 7.22. The molecule has 1 aliphatic carbocycles. The third-order valence-electron chi connectivity index (χ3n) is 4.85. The summed E-state index contributed by atoms with van der Waals surface area (Å²) >= 11 is 10.6. The molecule has 2 rings (SSSR count). The minimum atomic E-state index is 0.440. The maximum Gasteiger partial charge on any atom is 0.185 e. The molecule has 0 unspecified atom stereocenters. The lowest BCUT2D eigenvalue weighted by atomic mass is 9.78. The van der Waals surface area contributed by atoms with Crippen molar-refractivity contribution in [2.75, 3.05) is 6.54 Å². The van der Waals surface area contributed by atoms with Gasteiger partial charge in [-0.05, 0) is 54.7 Å². The summed E-state index contributed by atoms with van der Waals surface area (Å²) in [5.74, 6) is 1.38. The van der Waals surface area contributed by atoms with Crippen LogP contribution in [0.4, 0.5) is 0 Å². The van der Waals surface area contributed by atoms with Gasteiger partial charge in [0.15, 0.2) is 10.2 Å². The molecule has 3 atom stereocenters. The molecule has 24 heavy (non-hydrogen) atoms. The lowest BCUT2D eigenvalue weighted by molar-refractivity contribution is 0.224. The Labute approximate surface area is 156 Å². The summed E-state index contributed by atoms with van der Waals surface area (Å²) in [6.07, 6.45) is 4.68. The van der Waals surface area contributed by atoms with Crippen LogP contribution in [0.1, 0.15) is 38.7 Å². The van der Waals surface area contributed by atoms with Gasteiger partial charge in [0.25, 0.3) is 0 Å². The van der Waals surface area contributed by atoms with E-state index < -0.39 is 0 Å². The highest BCUT2D eigenvalue weighted by molar-refractivity contribution is 7.80. The average Bonchev–Trinajstić information content (AvgIpc) is 2.58. The van der Waals surface area contributed by atoms with Gasteiger partial charge in [-0.25, -0.2) is 0 Å². The molecule has 0 heterocycles. The summed E-state index contributed by atoms with van der Waals surface area (Å²) in [6, 6.07) is 10.8. The number of hydrazine groups is 1. The second-order valence-corrected chi connectivity index (χ2v) is 7.41. The van der Waals surface area contributed by atoms with Gasteiger partial charge in [0.2, 0.25) is 0 Å². The van der Waals surface area contributed by atoms with Crippen molar-refractivity contribution in [1.82, 2.24) is 21.5 Å². The maximum atomic E-state index is 5.36. The molecule has 1 fully saturated rings. The Kier molecular flexibility index (Phi) is 7.72. The van der Waals surface area contributed by atoms with Crippen LogP contribution in [0.2, 0.25) is 0 Å². The van der Waals surface area contributed by atoms with Crippen LogP contribution in [0.5, 0.6) is 0 Å². The molecule has 1 aliphatic rings. The largest absolute Gasteiger partial charge is 0.361 e. The van der Waals surface area contributed by atoms with E-state index in [1.54, 1.807) is 0 Å². The molecular formula is C18H28N4S2. The Morgan fingerprint density at radius 1 is 1.04 bits per heavy atom. The first-order chi connectivity index (χ1) is 11.6. The van der Waals surface area contributed by atoms with Gasteiger partial charge in [-0.3, -0.25) is 10.9 Å². The summed E-state index contributed by atoms with van der Waals surface area (Å²) in [7, 11) is 0. The standard InChI is InChI=1S/C18H28N4S2/c1-13-7-6-10-16(14(13)2)20-18(24)22-21-17(23)19-12-11-15-8-4-3-5-9-15/h3-5,8-9,13-14,16H,6-7,10-12H2,1-2H3,(H2,19,21,23)(H2,20,22,24)/t13-,14+,16-/m0/s1. The Morgan fingerprint density at radius 2 is 1.75 bits per heavy atom. The first kappa shape index (κ1) is 18.9. The number of hydrogen-bond acceptors (Lipinski definition) is 2. The molecule has 1 aromatic carbocycles. The van der Waals surface area contributed by atoms with Crippen LogP contribution in [-0.2, 0) is 6.42 Å². The van der Waals surface area contributed by atoms with Crippen LogP contribution in [0.15, 0.2) is 30.3 Å². The van der Waals surface area contributed by atoms with Gasteiger partial charge < -0.3 is 10.6 Å². The van der Waals surface area contributed by atoms with Gasteiger partial charge in [0.1, 0.15) is 0 Å². The van der Waals surface area contributed by atoms with E-state index >= 15 is 0 Å². The van der Waals surface area contributed by atoms with E-state index in [0.717, 1.165) is 18.9 Å². The van der Waals surface area contributed by atoms with Crippen LogP contribution < -0.4 is 21.5 Å². The van der Waals surface area contributed by atoms with Crippen molar-refractivity contribution < 1.29 is 0 Å². The van der Waals surface area contributed by atoms with Gasteiger partial charge in [-0.2, -0.15) is 0 Å². The smallest absolute Gasteiger partial charge is 0.185 e. The lowest BCUT2D eigenvalue weighted by Gasteiger charge is -2.35. The van der Waals surface area contributed by atoms with Crippen molar-refractivity contribution in [3.8, 4) is 0 Å². The third-order valence-corrected chi connectivity index (χ3v) is 5.32. The monoisotopic (exact) mass is 364 g/mol. The summed E-state index contributed by atoms with van der Waals surface area (Å²) in [6.45, 7) is 5.40. The van der Waals surface area contributed by atoms with Crippen molar-refractivity contribution in [2.24, 2.45) is 11.8 Å². The minimum absolute atomic E-state index is 0.440. The Bertz CT molecular complexity index is 535. The summed E-state index contributed by atoms with van der Waals surface area (Å²) in [4.78, 5) is 0. The molecule has 0 aliphatic heterocycles. The molecule has 0 bridgehead atoms. The topological polar surface area (TPSA) is 48.1 Å². The average molecular weight is 365 g/mol. The third kappa shape index (κ3) is 6.24. The van der Waals surface area contributed by atoms with E-state index in [1.807, 2.05) is 18.2 Å². The van der Waals surface area contributed by atoms with Crippen LogP contribution in [0.3, 0.4) is 0 Å². The summed E-state index contributed by atoms with van der Waals surface area (Å²) in [5, 5.41) is 7.74. The number of thiocarbonyl (C=S) groups is 2. The number of benzene rings is 1. The SMILES string of the molecule is C[C@H]1[C@@H](NC(=S)NNC(=S)NCCc2ccccc2)CCC[C@@H]1C. The minimum Gasteiger partial charge on any atom is -0.361 e. The van der Waals surface area contributed by atoms with Gasteiger partial charge >= 0.3 is 0 Å². The second-order valence-electron chi connectivity index (χ2n) is 6.59. The molecular weight excluding hydrogens is 336 g/mol. The highest BCUT2D eigenvalue weighted by Crippen LogP contribution is 2.29. The molecule has 132 valence electrons. The van der Waals surface area contributed by atoms with Crippen LogP contribution in [-0.4, -0.2) is 22.8 Å². The number of nitrogens with one attached hydrogen (secondary N) is 4. The molecule has 1 aromatic rings. The maximum absolute atomic E-state index is 5.36. The van der Waals surface area contributed by atoms with E-state index in [2.05, 4.69) is 47.5 Å². The Hall–Kier alpha value is -1.40. The van der Waals surface area contributed by atoms with Crippen LogP contribution in [0, 0.1) is 11.8 Å². The second kappa shape index (κ2) is 9.79. The predicted molar refractivity (Wildman–Crippen MR) is 109 cm³/mol. The highest BCUT2D eigenvalue weighted by atomic mass is 32.1. The molecule has 6 heteroatoms. The van der Waals surface area contributed by atoms with Crippen molar-refractivity contribution >= 4 is 34.7 Å². The zero-order valence-corrected chi connectivity index (χ0v) is 16.1. The zero-order chi connectivity index (χ0) is 17.4. The fourth-order valence-electron chi connectivity index (χ4n) is 3.11. The van der Waals surface area contributed by atoms with E-state index in [1.165, 1.54) is 24.8 Å². The molecule has 0 spiro atoms. The van der Waals surface area contributed by atoms with Gasteiger partial charge in [0.05, 0.1) is 0 Å². The molecule has 4 nitrogen and oxygen atoms in total. The number of rotatable bonds is 4. The van der Waals surface area contributed by atoms with Crippen LogP contribution >= 0.6 is 24.4 Å². The molecule has 0 saturated heterocycles. The molecule has 1 saturated carbocycles. The molecule has 0 amide bonds. The quantitative estimate of drug-likeness (QED) is 0.487. The Morgan fingerprint density at radius 3 is 2.50 bits per heavy atom. The fraction of sp³-hybridized carbons (Fsp3) is 0.556. The molecule has 0 radical (unpaired) electrons. The zero-order valence-electron chi connectivity index (χ0n) is 14.5. The number of hydrogen-bond donors (Lipinski definition) is 4. The van der Waals surface area contributed by atoms with Gasteiger partial charge in [-0.1, -0.05) is 57.0 Å². The fourth-order valence-corrected chi connectivity index (χ4v) is 3.47. The van der Waals surface area contributed by atoms with E-state index in [0.29, 0.717) is 22.2 Å². The van der Waals surface area contributed by atoms with Gasteiger partial charge in [0, 0.05) is 12.6 Å². The van der Waals surface area contributed by atoms with Crippen molar-refractivity contribution in [3.63, 3.8) is 0 Å². The summed E-state index contributed by atoms with van der Waals surface area (Å²) < 4.78 is 0. The first-order valence-corrected chi connectivity index (χ1v) is 9.52. The van der Waals surface area contributed by atoms with Crippen LogP contribution in [0.25, 0.3) is 0 Å². The predicted octanol–water partition coefficient (Wildman–Crippen LogP) is 2.90. The van der Waals surface area contributed by atoms with E-state index in [-0.39, 0.29) is 0 Å². The molecule has 0 aromatic heterocycles. The van der Waals surface area contributed by atoms with Crippen molar-refractivity contribution in [3.05, 3.63) is 35.9 Å². The van der Waals surface area contributed by atoms with Gasteiger partial charge in [-0.15, -0.1) is 0 Å². The lowest BCUT2D eigenvalue weighted by Crippen LogP contribution is -2.54.